The number of hydrogen-bond acceptors (Lipinski definition) is 2. The van der Waals surface area contributed by atoms with Crippen LogP contribution in [0.4, 0.5) is 0 Å². The Balaban J connectivity index is 3.51. The van der Waals surface area contributed by atoms with E-state index in [9.17, 15) is 4.79 Å². The molecule has 0 saturated heterocycles. The van der Waals surface area contributed by atoms with Crippen molar-refractivity contribution in [1.29, 1.82) is 0 Å². The topological polar surface area (TPSA) is 17.1 Å². The standard InChI is InChI=1S/C10H18OS/c1-8(2)5-6-12-10(11)7-9(3)4/h5,9H,6-7H2,1-4H3. The summed E-state index contributed by atoms with van der Waals surface area (Å²) in [6, 6.07) is 0. The summed E-state index contributed by atoms with van der Waals surface area (Å²) in [4.78, 5) is 11.2. The van der Waals surface area contributed by atoms with Gasteiger partial charge in [-0.1, -0.05) is 37.3 Å². The molecule has 0 heterocycles. The van der Waals surface area contributed by atoms with Crippen LogP contribution in [0.3, 0.4) is 0 Å². The largest absolute Gasteiger partial charge is 0.287 e. The van der Waals surface area contributed by atoms with Crippen molar-refractivity contribution < 1.29 is 4.79 Å². The molecule has 0 aromatic carbocycles. The second kappa shape index (κ2) is 6.30. The Kier molecular flexibility index (Phi) is 6.17. The van der Waals surface area contributed by atoms with E-state index in [0.717, 1.165) is 5.75 Å². The molecule has 12 heavy (non-hydrogen) atoms. The molecule has 70 valence electrons. The summed E-state index contributed by atoms with van der Waals surface area (Å²) in [5, 5.41) is 0.308. The Hall–Kier alpha value is -0.240. The third-order valence-electron chi connectivity index (χ3n) is 1.31. The minimum Gasteiger partial charge on any atom is -0.287 e. The zero-order valence-corrected chi connectivity index (χ0v) is 9.20. The van der Waals surface area contributed by atoms with Crippen LogP contribution >= 0.6 is 11.8 Å². The highest BCUT2D eigenvalue weighted by Gasteiger charge is 2.03. The predicted molar refractivity (Wildman–Crippen MR) is 56.4 cm³/mol. The smallest absolute Gasteiger partial charge is 0.189 e. The van der Waals surface area contributed by atoms with Gasteiger partial charge in [0.1, 0.15) is 0 Å². The van der Waals surface area contributed by atoms with Gasteiger partial charge in [0.2, 0.25) is 0 Å². The molecule has 0 atom stereocenters. The van der Waals surface area contributed by atoms with Gasteiger partial charge in [-0.15, -0.1) is 0 Å². The van der Waals surface area contributed by atoms with Crippen molar-refractivity contribution >= 4 is 16.9 Å². The van der Waals surface area contributed by atoms with Gasteiger partial charge in [-0.3, -0.25) is 4.79 Å². The van der Waals surface area contributed by atoms with E-state index in [1.165, 1.54) is 17.3 Å². The summed E-state index contributed by atoms with van der Waals surface area (Å²) in [7, 11) is 0. The molecule has 2 heteroatoms. The maximum absolute atomic E-state index is 11.2. The van der Waals surface area contributed by atoms with E-state index in [-0.39, 0.29) is 0 Å². The quantitative estimate of drug-likeness (QED) is 0.627. The van der Waals surface area contributed by atoms with Gasteiger partial charge in [-0.05, 0) is 19.8 Å². The first-order valence-corrected chi connectivity index (χ1v) is 5.30. The van der Waals surface area contributed by atoms with Gasteiger partial charge in [-0.25, -0.2) is 0 Å². The zero-order chi connectivity index (χ0) is 9.56. The molecular weight excluding hydrogens is 168 g/mol. The van der Waals surface area contributed by atoms with Crippen molar-refractivity contribution in [3.8, 4) is 0 Å². The van der Waals surface area contributed by atoms with Crippen LogP contribution in [0.1, 0.15) is 34.1 Å². The lowest BCUT2D eigenvalue weighted by Crippen LogP contribution is -1.98. The highest BCUT2D eigenvalue weighted by Crippen LogP contribution is 2.11. The third-order valence-corrected chi connectivity index (χ3v) is 2.13. The lowest BCUT2D eigenvalue weighted by Gasteiger charge is -2.01. The minimum absolute atomic E-state index is 0.308. The van der Waals surface area contributed by atoms with Gasteiger partial charge in [0.15, 0.2) is 5.12 Å². The van der Waals surface area contributed by atoms with Crippen LogP contribution in [-0.2, 0) is 4.79 Å². The molecule has 0 aliphatic carbocycles. The number of allylic oxidation sites excluding steroid dienone is 1. The van der Waals surface area contributed by atoms with Crippen molar-refractivity contribution in [3.05, 3.63) is 11.6 Å². The molecule has 0 bridgehead atoms. The predicted octanol–water partition coefficient (Wildman–Crippen LogP) is 3.26. The summed E-state index contributed by atoms with van der Waals surface area (Å²) < 4.78 is 0. The van der Waals surface area contributed by atoms with Gasteiger partial charge < -0.3 is 0 Å². The second-order valence-corrected chi connectivity index (χ2v) is 4.64. The molecule has 0 radical (unpaired) electrons. The Morgan fingerprint density at radius 2 is 2.00 bits per heavy atom. The van der Waals surface area contributed by atoms with Gasteiger partial charge in [0.25, 0.3) is 0 Å². The second-order valence-electron chi connectivity index (χ2n) is 3.56. The molecule has 0 aromatic rings. The van der Waals surface area contributed by atoms with Crippen molar-refractivity contribution in [1.82, 2.24) is 0 Å². The number of rotatable bonds is 4. The molecule has 1 nitrogen and oxygen atoms in total. The first kappa shape index (κ1) is 11.8. The lowest BCUT2D eigenvalue weighted by molar-refractivity contribution is -0.111. The maximum atomic E-state index is 11.2. The normalized spacial score (nSPS) is 10.1. The molecule has 0 rings (SSSR count). The minimum atomic E-state index is 0.308. The van der Waals surface area contributed by atoms with E-state index >= 15 is 0 Å². The fourth-order valence-corrected chi connectivity index (χ4v) is 1.75. The number of thioether (sulfide) groups is 1. The van der Waals surface area contributed by atoms with E-state index in [2.05, 4.69) is 19.9 Å². The monoisotopic (exact) mass is 186 g/mol. The van der Waals surface area contributed by atoms with Gasteiger partial charge >= 0.3 is 0 Å². The van der Waals surface area contributed by atoms with Crippen molar-refractivity contribution in [3.63, 3.8) is 0 Å². The Labute approximate surface area is 79.6 Å². The van der Waals surface area contributed by atoms with Gasteiger partial charge in [-0.2, -0.15) is 0 Å². The van der Waals surface area contributed by atoms with Gasteiger partial charge in [0.05, 0.1) is 0 Å². The van der Waals surface area contributed by atoms with Crippen LogP contribution < -0.4 is 0 Å². The van der Waals surface area contributed by atoms with Crippen molar-refractivity contribution in [2.45, 2.75) is 34.1 Å². The Morgan fingerprint density at radius 3 is 2.42 bits per heavy atom. The average molecular weight is 186 g/mol. The van der Waals surface area contributed by atoms with Crippen molar-refractivity contribution in [2.75, 3.05) is 5.75 Å². The highest BCUT2D eigenvalue weighted by atomic mass is 32.2. The van der Waals surface area contributed by atoms with Crippen LogP contribution in [0.5, 0.6) is 0 Å². The summed E-state index contributed by atoms with van der Waals surface area (Å²) in [6.45, 7) is 8.24. The van der Waals surface area contributed by atoms with Gasteiger partial charge in [0, 0.05) is 12.2 Å². The molecule has 0 aliphatic rings. The van der Waals surface area contributed by atoms with E-state index in [0.29, 0.717) is 17.5 Å². The molecule has 0 amide bonds. The van der Waals surface area contributed by atoms with E-state index in [1.807, 2.05) is 13.8 Å². The number of hydrogen-bond donors (Lipinski definition) is 0. The van der Waals surface area contributed by atoms with Crippen LogP contribution in [0.25, 0.3) is 0 Å². The summed E-state index contributed by atoms with van der Waals surface area (Å²) in [5.74, 6) is 1.31. The highest BCUT2D eigenvalue weighted by molar-refractivity contribution is 8.13. The van der Waals surface area contributed by atoms with E-state index < -0.39 is 0 Å². The fraction of sp³-hybridized carbons (Fsp3) is 0.700. The molecule has 0 N–H and O–H groups in total. The first-order chi connectivity index (χ1) is 5.52. The third kappa shape index (κ3) is 7.86. The van der Waals surface area contributed by atoms with Crippen LogP contribution in [0.2, 0.25) is 0 Å². The fourth-order valence-electron chi connectivity index (χ4n) is 0.694. The molecule has 0 unspecified atom stereocenters. The lowest BCUT2D eigenvalue weighted by atomic mass is 10.2. The molecule has 0 spiro atoms. The maximum Gasteiger partial charge on any atom is 0.189 e. The summed E-state index contributed by atoms with van der Waals surface area (Å²) >= 11 is 1.42. The molecule has 0 saturated carbocycles. The molecule has 0 aliphatic heterocycles. The summed E-state index contributed by atoms with van der Waals surface area (Å²) in [6.07, 6.45) is 2.78. The SMILES string of the molecule is CC(C)=CCSC(=O)CC(C)C. The van der Waals surface area contributed by atoms with Crippen molar-refractivity contribution in [2.24, 2.45) is 5.92 Å². The Bertz CT molecular complexity index is 167. The van der Waals surface area contributed by atoms with Crippen LogP contribution in [0, 0.1) is 5.92 Å². The van der Waals surface area contributed by atoms with E-state index in [4.69, 9.17) is 0 Å². The average Bonchev–Trinajstić information content (AvgIpc) is 1.84. The molecule has 0 fully saturated rings. The summed E-state index contributed by atoms with van der Waals surface area (Å²) in [5.41, 5.74) is 1.28. The Morgan fingerprint density at radius 1 is 1.42 bits per heavy atom. The van der Waals surface area contributed by atoms with Crippen LogP contribution in [0.15, 0.2) is 11.6 Å². The molecule has 0 aromatic heterocycles. The van der Waals surface area contributed by atoms with Crippen LogP contribution in [-0.4, -0.2) is 10.9 Å². The first-order valence-electron chi connectivity index (χ1n) is 4.31. The molecular formula is C10H18OS. The zero-order valence-electron chi connectivity index (χ0n) is 8.39. The number of carbonyl (C=O) groups is 1. The van der Waals surface area contributed by atoms with E-state index in [1.54, 1.807) is 0 Å². The number of carbonyl (C=O) groups excluding carboxylic acids is 1.